The first-order chi connectivity index (χ1) is 10.1. The number of carbonyl (C=O) groups is 2. The van der Waals surface area contributed by atoms with Gasteiger partial charge in [0.05, 0.1) is 18.1 Å². The van der Waals surface area contributed by atoms with Gasteiger partial charge >= 0.3 is 0 Å². The fraction of sp³-hybridized carbons (Fsp3) is 0.312. The van der Waals surface area contributed by atoms with Crippen molar-refractivity contribution in [3.8, 4) is 0 Å². The lowest BCUT2D eigenvalue weighted by atomic mass is 9.85. The normalized spacial score (nSPS) is 33.5. The molecule has 0 aromatic heterocycles. The van der Waals surface area contributed by atoms with E-state index in [1.807, 2.05) is 12.2 Å². The average molecular weight is 284 g/mol. The molecule has 1 aliphatic heterocycles. The SMILES string of the molecule is O=C1C2C3C=CC(C3)C2C(=O)N1N=Cc1cccc(F)c1. The van der Waals surface area contributed by atoms with E-state index >= 15 is 0 Å². The van der Waals surface area contributed by atoms with Crippen LogP contribution >= 0.6 is 0 Å². The number of nitrogens with zero attached hydrogens (tertiary/aromatic N) is 2. The topological polar surface area (TPSA) is 49.7 Å². The Bertz CT molecular complexity index is 667. The summed E-state index contributed by atoms with van der Waals surface area (Å²) in [5, 5.41) is 4.96. The zero-order valence-corrected chi connectivity index (χ0v) is 11.1. The Morgan fingerprint density at radius 3 is 2.43 bits per heavy atom. The molecule has 1 saturated heterocycles. The van der Waals surface area contributed by atoms with Crippen LogP contribution in [0.15, 0.2) is 41.5 Å². The van der Waals surface area contributed by atoms with E-state index in [0.717, 1.165) is 11.4 Å². The largest absolute Gasteiger partial charge is 0.272 e. The van der Waals surface area contributed by atoms with Gasteiger partial charge in [0.2, 0.25) is 0 Å². The van der Waals surface area contributed by atoms with E-state index in [0.29, 0.717) is 5.56 Å². The predicted octanol–water partition coefficient (Wildman–Crippen LogP) is 1.97. The number of carbonyl (C=O) groups excluding carboxylic acids is 2. The number of fused-ring (bicyclic) bond motifs is 5. The van der Waals surface area contributed by atoms with Gasteiger partial charge in [-0.25, -0.2) is 4.39 Å². The van der Waals surface area contributed by atoms with Gasteiger partial charge in [-0.05, 0) is 36.0 Å². The molecule has 1 aromatic rings. The Hall–Kier alpha value is -2.30. The van der Waals surface area contributed by atoms with Crippen molar-refractivity contribution >= 4 is 18.0 Å². The van der Waals surface area contributed by atoms with E-state index in [1.54, 1.807) is 12.1 Å². The van der Waals surface area contributed by atoms with Crippen LogP contribution in [0.4, 0.5) is 4.39 Å². The monoisotopic (exact) mass is 284 g/mol. The molecule has 4 rings (SSSR count). The highest BCUT2D eigenvalue weighted by Gasteiger charge is 2.59. The molecule has 1 saturated carbocycles. The van der Waals surface area contributed by atoms with E-state index in [1.165, 1.54) is 18.3 Å². The Balaban J connectivity index is 1.60. The third-order valence-corrected chi connectivity index (χ3v) is 4.62. The zero-order valence-electron chi connectivity index (χ0n) is 11.1. The number of imide groups is 1. The average Bonchev–Trinajstić information content (AvgIpc) is 3.12. The van der Waals surface area contributed by atoms with Crippen molar-refractivity contribution in [2.24, 2.45) is 28.8 Å². The number of hydrogen-bond donors (Lipinski definition) is 0. The third-order valence-electron chi connectivity index (χ3n) is 4.62. The lowest BCUT2D eigenvalue weighted by Gasteiger charge is -2.13. The third kappa shape index (κ3) is 1.77. The summed E-state index contributed by atoms with van der Waals surface area (Å²) in [6, 6.07) is 5.87. The van der Waals surface area contributed by atoms with Crippen molar-refractivity contribution in [3.63, 3.8) is 0 Å². The lowest BCUT2D eigenvalue weighted by molar-refractivity contribution is -0.140. The van der Waals surface area contributed by atoms with E-state index in [4.69, 9.17) is 0 Å². The Morgan fingerprint density at radius 1 is 1.14 bits per heavy atom. The molecule has 21 heavy (non-hydrogen) atoms. The smallest absolute Gasteiger partial charge is 0.254 e. The molecule has 0 N–H and O–H groups in total. The van der Waals surface area contributed by atoms with Crippen LogP contribution in [0, 0.1) is 29.5 Å². The molecular weight excluding hydrogens is 271 g/mol. The molecule has 1 heterocycles. The van der Waals surface area contributed by atoms with Gasteiger partial charge in [-0.1, -0.05) is 24.3 Å². The zero-order chi connectivity index (χ0) is 14.6. The van der Waals surface area contributed by atoms with Crippen LogP contribution in [-0.2, 0) is 9.59 Å². The molecule has 2 amide bonds. The minimum absolute atomic E-state index is 0.172. The minimum Gasteiger partial charge on any atom is -0.272 e. The molecule has 3 aliphatic rings. The summed E-state index contributed by atoms with van der Waals surface area (Å²) < 4.78 is 13.1. The van der Waals surface area contributed by atoms with Crippen molar-refractivity contribution in [3.05, 3.63) is 47.8 Å². The van der Waals surface area contributed by atoms with Crippen LogP contribution in [0.1, 0.15) is 12.0 Å². The van der Waals surface area contributed by atoms with Gasteiger partial charge in [-0.15, -0.1) is 0 Å². The molecule has 106 valence electrons. The minimum atomic E-state index is -0.378. The molecule has 4 nitrogen and oxygen atoms in total. The number of amides is 2. The highest BCUT2D eigenvalue weighted by molar-refractivity contribution is 6.06. The molecule has 5 heteroatoms. The van der Waals surface area contributed by atoms with Crippen molar-refractivity contribution in [2.75, 3.05) is 0 Å². The van der Waals surface area contributed by atoms with Crippen LogP contribution in [-0.4, -0.2) is 23.0 Å². The van der Waals surface area contributed by atoms with E-state index in [9.17, 15) is 14.0 Å². The van der Waals surface area contributed by atoms with Gasteiger partial charge in [0.25, 0.3) is 11.8 Å². The van der Waals surface area contributed by atoms with Crippen LogP contribution in [0.5, 0.6) is 0 Å². The molecular formula is C16H13FN2O2. The maximum atomic E-state index is 13.1. The first-order valence-corrected chi connectivity index (χ1v) is 7.01. The van der Waals surface area contributed by atoms with E-state index < -0.39 is 0 Å². The van der Waals surface area contributed by atoms with E-state index in [2.05, 4.69) is 5.10 Å². The summed E-state index contributed by atoms with van der Waals surface area (Å²) in [5.74, 6) is -0.993. The molecule has 2 fully saturated rings. The summed E-state index contributed by atoms with van der Waals surface area (Å²) in [6.07, 6.45) is 6.33. The van der Waals surface area contributed by atoms with Crippen LogP contribution in [0.25, 0.3) is 0 Å². The molecule has 2 bridgehead atoms. The number of halogens is 1. The fourth-order valence-corrected chi connectivity index (χ4v) is 3.71. The molecule has 0 spiro atoms. The van der Waals surface area contributed by atoms with Crippen LogP contribution < -0.4 is 0 Å². The summed E-state index contributed by atoms with van der Waals surface area (Å²) in [6.45, 7) is 0. The number of rotatable bonds is 2. The maximum Gasteiger partial charge on any atom is 0.254 e. The first-order valence-electron chi connectivity index (χ1n) is 7.01. The maximum absolute atomic E-state index is 13.1. The summed E-state index contributed by atoms with van der Waals surface area (Å²) in [4.78, 5) is 24.7. The number of benzene rings is 1. The second kappa shape index (κ2) is 4.35. The first kappa shape index (κ1) is 12.4. The number of hydrazone groups is 1. The second-order valence-electron chi connectivity index (χ2n) is 5.79. The van der Waals surface area contributed by atoms with Crippen LogP contribution in [0.3, 0.4) is 0 Å². The summed E-state index contributed by atoms with van der Waals surface area (Å²) in [5.41, 5.74) is 0.522. The highest BCUT2D eigenvalue weighted by Crippen LogP contribution is 2.52. The number of hydrogen-bond acceptors (Lipinski definition) is 3. The quantitative estimate of drug-likeness (QED) is 0.473. The van der Waals surface area contributed by atoms with Crippen molar-refractivity contribution in [1.29, 1.82) is 0 Å². The van der Waals surface area contributed by atoms with Crippen molar-refractivity contribution in [1.82, 2.24) is 5.01 Å². The highest BCUT2D eigenvalue weighted by atomic mass is 19.1. The molecule has 0 radical (unpaired) electrons. The Morgan fingerprint density at radius 2 is 1.81 bits per heavy atom. The molecule has 4 atom stereocenters. The fourth-order valence-electron chi connectivity index (χ4n) is 3.71. The Kier molecular flexibility index (Phi) is 2.58. The summed E-state index contributed by atoms with van der Waals surface area (Å²) in [7, 11) is 0. The van der Waals surface area contributed by atoms with Gasteiger partial charge in [-0.2, -0.15) is 10.1 Å². The molecule has 1 aromatic carbocycles. The molecule has 2 aliphatic carbocycles. The predicted molar refractivity (Wildman–Crippen MR) is 73.6 cm³/mol. The van der Waals surface area contributed by atoms with Crippen LogP contribution in [0.2, 0.25) is 0 Å². The molecule has 4 unspecified atom stereocenters. The van der Waals surface area contributed by atoms with Gasteiger partial charge < -0.3 is 0 Å². The standard InChI is InChI=1S/C16H13FN2O2/c17-12-3-1-2-9(6-12)8-18-19-15(20)13-10-4-5-11(7-10)14(13)16(19)21/h1-6,8,10-11,13-14H,7H2. The second-order valence-corrected chi connectivity index (χ2v) is 5.79. The number of allylic oxidation sites excluding steroid dienone is 2. The van der Waals surface area contributed by atoms with Gasteiger partial charge in [0.15, 0.2) is 0 Å². The Labute approximate surface area is 120 Å². The van der Waals surface area contributed by atoms with Gasteiger partial charge in [0.1, 0.15) is 5.82 Å². The van der Waals surface area contributed by atoms with Gasteiger partial charge in [0, 0.05) is 0 Å². The van der Waals surface area contributed by atoms with Crippen molar-refractivity contribution in [2.45, 2.75) is 6.42 Å². The van der Waals surface area contributed by atoms with E-state index in [-0.39, 0.29) is 41.3 Å². The summed E-state index contributed by atoms with van der Waals surface area (Å²) >= 11 is 0. The van der Waals surface area contributed by atoms with Crippen molar-refractivity contribution < 1.29 is 14.0 Å². The van der Waals surface area contributed by atoms with Gasteiger partial charge in [-0.3, -0.25) is 9.59 Å². The lowest BCUT2D eigenvalue weighted by Crippen LogP contribution is -2.28.